The summed E-state index contributed by atoms with van der Waals surface area (Å²) in [5.41, 5.74) is -1.29. The van der Waals surface area contributed by atoms with Crippen LogP contribution in [-0.2, 0) is 21.0 Å². The number of hydrogen-bond acceptors (Lipinski definition) is 3. The second-order valence-corrected chi connectivity index (χ2v) is 7.29. The van der Waals surface area contributed by atoms with E-state index >= 15 is 0 Å². The average molecular weight is 355 g/mol. The minimum Gasteiger partial charge on any atom is -0.481 e. The van der Waals surface area contributed by atoms with Gasteiger partial charge in [0, 0.05) is 13.1 Å². The molecule has 0 bridgehead atoms. The van der Waals surface area contributed by atoms with Gasteiger partial charge in [0.1, 0.15) is 10.7 Å². The molecule has 2 atom stereocenters. The fraction of sp³-hybridized carbons (Fsp3) is 0.462. The van der Waals surface area contributed by atoms with E-state index in [9.17, 15) is 30.8 Å². The molecule has 0 saturated carbocycles. The summed E-state index contributed by atoms with van der Waals surface area (Å²) in [7, 11) is -4.56. The van der Waals surface area contributed by atoms with Crippen molar-refractivity contribution in [2.75, 3.05) is 13.1 Å². The molecule has 5 nitrogen and oxygen atoms in total. The summed E-state index contributed by atoms with van der Waals surface area (Å²) in [6.07, 6.45) is -4.82. The minimum absolute atomic E-state index is 0.199. The van der Waals surface area contributed by atoms with Crippen LogP contribution < -0.4 is 0 Å². The van der Waals surface area contributed by atoms with Crippen LogP contribution in [0.25, 0.3) is 0 Å². The van der Waals surface area contributed by atoms with E-state index in [1.807, 2.05) is 0 Å². The van der Waals surface area contributed by atoms with Crippen LogP contribution >= 0.6 is 0 Å². The summed E-state index contributed by atoms with van der Waals surface area (Å²) in [6.45, 7) is 0.903. The Kier molecular flexibility index (Phi) is 4.42. The predicted octanol–water partition coefficient (Wildman–Crippen LogP) is 2.19. The lowest BCUT2D eigenvalue weighted by Gasteiger charge is -2.17. The number of carboxylic acid groups (broad SMARTS) is 1. The topological polar surface area (TPSA) is 74.7 Å². The molecule has 23 heavy (non-hydrogen) atoms. The molecule has 0 unspecified atom stereocenters. The van der Waals surface area contributed by atoms with E-state index in [0.717, 1.165) is 0 Å². The number of halogens is 4. The molecule has 1 aliphatic rings. The number of hydrogen-bond donors (Lipinski definition) is 1. The van der Waals surface area contributed by atoms with Crippen LogP contribution in [0.4, 0.5) is 17.6 Å². The fourth-order valence-electron chi connectivity index (χ4n) is 2.46. The van der Waals surface area contributed by atoms with E-state index in [-0.39, 0.29) is 12.6 Å². The summed E-state index contributed by atoms with van der Waals surface area (Å²) in [6, 6.07) is 1.11. The molecule has 0 amide bonds. The molecule has 1 fully saturated rings. The van der Waals surface area contributed by atoms with Gasteiger partial charge < -0.3 is 5.11 Å². The van der Waals surface area contributed by atoms with Crippen LogP contribution in [0.3, 0.4) is 0 Å². The second-order valence-electron chi connectivity index (χ2n) is 5.39. The Labute approximate surface area is 129 Å². The number of benzene rings is 1. The van der Waals surface area contributed by atoms with Crippen molar-refractivity contribution in [1.82, 2.24) is 4.31 Å². The molecule has 1 N–H and O–H groups in total. The van der Waals surface area contributed by atoms with E-state index in [2.05, 4.69) is 0 Å². The number of aliphatic carboxylic acids is 1. The van der Waals surface area contributed by atoms with Gasteiger partial charge in [-0.2, -0.15) is 17.5 Å². The molecule has 1 saturated heterocycles. The van der Waals surface area contributed by atoms with Crippen molar-refractivity contribution in [3.8, 4) is 0 Å². The summed E-state index contributed by atoms with van der Waals surface area (Å²) < 4.78 is 77.3. The van der Waals surface area contributed by atoms with Crippen LogP contribution in [0, 0.1) is 17.7 Å². The van der Waals surface area contributed by atoms with Crippen molar-refractivity contribution in [1.29, 1.82) is 0 Å². The van der Waals surface area contributed by atoms with Crippen molar-refractivity contribution in [2.24, 2.45) is 11.8 Å². The van der Waals surface area contributed by atoms with Crippen molar-refractivity contribution >= 4 is 16.0 Å². The molecule has 1 aromatic rings. The van der Waals surface area contributed by atoms with Gasteiger partial charge in [-0.1, -0.05) is 6.92 Å². The molecule has 10 heteroatoms. The fourth-order valence-corrected chi connectivity index (χ4v) is 4.11. The smallest absolute Gasteiger partial charge is 0.416 e. The summed E-state index contributed by atoms with van der Waals surface area (Å²) in [4.78, 5) is 9.92. The van der Waals surface area contributed by atoms with E-state index in [1.165, 1.54) is 6.92 Å². The summed E-state index contributed by atoms with van der Waals surface area (Å²) >= 11 is 0. The van der Waals surface area contributed by atoms with Gasteiger partial charge >= 0.3 is 12.1 Å². The lowest BCUT2D eigenvalue weighted by molar-refractivity contribution is -0.142. The molecule has 128 valence electrons. The highest BCUT2D eigenvalue weighted by Gasteiger charge is 2.42. The highest BCUT2D eigenvalue weighted by molar-refractivity contribution is 7.89. The summed E-state index contributed by atoms with van der Waals surface area (Å²) in [5.74, 6) is -4.04. The van der Waals surface area contributed by atoms with Crippen LogP contribution in [0.2, 0.25) is 0 Å². The highest BCUT2D eigenvalue weighted by Crippen LogP contribution is 2.34. The molecule has 1 aliphatic heterocycles. The Bertz CT molecular complexity index is 732. The van der Waals surface area contributed by atoms with E-state index in [0.29, 0.717) is 16.4 Å². The van der Waals surface area contributed by atoms with Gasteiger partial charge in [-0.05, 0) is 24.1 Å². The van der Waals surface area contributed by atoms with Crippen LogP contribution in [0.1, 0.15) is 12.5 Å². The van der Waals surface area contributed by atoms with Gasteiger partial charge in [-0.3, -0.25) is 4.79 Å². The lowest BCUT2D eigenvalue weighted by atomic mass is 9.99. The third-order valence-corrected chi connectivity index (χ3v) is 5.62. The number of carbonyl (C=O) groups is 1. The molecule has 0 aromatic heterocycles. The predicted molar refractivity (Wildman–Crippen MR) is 70.5 cm³/mol. The number of sulfonamides is 1. The first-order chi connectivity index (χ1) is 10.4. The zero-order chi connectivity index (χ0) is 17.6. The first-order valence-corrected chi connectivity index (χ1v) is 7.98. The van der Waals surface area contributed by atoms with E-state index in [1.54, 1.807) is 0 Å². The van der Waals surface area contributed by atoms with E-state index in [4.69, 9.17) is 5.11 Å². The van der Waals surface area contributed by atoms with Gasteiger partial charge in [-0.15, -0.1) is 0 Å². The molecule has 1 aromatic carbocycles. The highest BCUT2D eigenvalue weighted by atomic mass is 32.2. The summed E-state index contributed by atoms with van der Waals surface area (Å²) in [5, 5.41) is 9.00. The standard InChI is InChI=1S/C13H13F4NO4S/c1-7-5-18(6-9(7)12(19)20)23(21,22)11-4-8(13(15,16)17)2-3-10(11)14/h2-4,7,9H,5-6H2,1H3,(H,19,20)/t7-,9-/m1/s1. The average Bonchev–Trinajstić information content (AvgIpc) is 2.80. The Hall–Kier alpha value is -1.68. The zero-order valence-corrected chi connectivity index (χ0v) is 12.7. The van der Waals surface area contributed by atoms with Gasteiger partial charge in [-0.25, -0.2) is 12.8 Å². The Morgan fingerprint density at radius 3 is 2.39 bits per heavy atom. The normalized spacial score (nSPS) is 23.2. The molecule has 1 heterocycles. The Balaban J connectivity index is 2.43. The lowest BCUT2D eigenvalue weighted by Crippen LogP contribution is -2.31. The third-order valence-electron chi connectivity index (χ3n) is 3.77. The van der Waals surface area contributed by atoms with Crippen LogP contribution in [0.5, 0.6) is 0 Å². The maximum atomic E-state index is 13.8. The third kappa shape index (κ3) is 3.32. The monoisotopic (exact) mass is 355 g/mol. The number of carboxylic acids is 1. The maximum absolute atomic E-state index is 13.8. The largest absolute Gasteiger partial charge is 0.481 e. The second kappa shape index (κ2) is 5.75. The first kappa shape index (κ1) is 17.7. The number of alkyl halides is 3. The number of nitrogens with zero attached hydrogens (tertiary/aromatic N) is 1. The van der Waals surface area contributed by atoms with Crippen molar-refractivity contribution < 1.29 is 35.9 Å². The minimum atomic E-state index is -4.82. The molecule has 0 radical (unpaired) electrons. The molecular weight excluding hydrogens is 342 g/mol. The van der Waals surface area contributed by atoms with Crippen molar-refractivity contribution in [3.05, 3.63) is 29.6 Å². The quantitative estimate of drug-likeness (QED) is 0.844. The van der Waals surface area contributed by atoms with Gasteiger partial charge in [0.05, 0.1) is 11.5 Å². The maximum Gasteiger partial charge on any atom is 0.416 e. The van der Waals surface area contributed by atoms with Crippen LogP contribution in [0.15, 0.2) is 23.1 Å². The Morgan fingerprint density at radius 1 is 1.30 bits per heavy atom. The van der Waals surface area contributed by atoms with Gasteiger partial charge in [0.2, 0.25) is 10.0 Å². The van der Waals surface area contributed by atoms with Crippen LogP contribution in [-0.4, -0.2) is 36.9 Å². The molecule has 0 aliphatic carbocycles. The SMILES string of the molecule is C[C@@H]1CN(S(=O)(=O)c2cc(C(F)(F)F)ccc2F)C[C@H]1C(=O)O. The van der Waals surface area contributed by atoms with Crippen molar-refractivity contribution in [3.63, 3.8) is 0 Å². The van der Waals surface area contributed by atoms with Gasteiger partial charge in [0.15, 0.2) is 0 Å². The first-order valence-electron chi connectivity index (χ1n) is 6.54. The molecule has 2 rings (SSSR count). The molecular formula is C13H13F4NO4S. The van der Waals surface area contributed by atoms with E-state index < -0.39 is 56.8 Å². The Morgan fingerprint density at radius 2 is 1.91 bits per heavy atom. The number of rotatable bonds is 3. The van der Waals surface area contributed by atoms with Crippen molar-refractivity contribution in [2.45, 2.75) is 18.0 Å². The van der Waals surface area contributed by atoms with Gasteiger partial charge in [0.25, 0.3) is 0 Å². The zero-order valence-electron chi connectivity index (χ0n) is 11.8. The molecule has 0 spiro atoms.